The van der Waals surface area contributed by atoms with Crippen LogP contribution in [0.1, 0.15) is 23.7 Å². The van der Waals surface area contributed by atoms with Crippen LogP contribution in [0, 0.1) is 12.7 Å². The van der Waals surface area contributed by atoms with E-state index >= 15 is 0 Å². The van der Waals surface area contributed by atoms with Crippen LogP contribution in [-0.2, 0) is 13.0 Å². The Morgan fingerprint density at radius 1 is 1.09 bits per heavy atom. The van der Waals surface area contributed by atoms with Crippen molar-refractivity contribution < 1.29 is 8.81 Å². The van der Waals surface area contributed by atoms with Gasteiger partial charge in [0.15, 0.2) is 5.09 Å². The molecular weight excluding hydrogens is 437 g/mol. The van der Waals surface area contributed by atoms with Gasteiger partial charge in [-0.25, -0.2) is 14.4 Å². The lowest BCUT2D eigenvalue weighted by atomic mass is 10.2. The minimum atomic E-state index is -0.302. The first-order valence-electron chi connectivity index (χ1n) is 10.6. The number of halogens is 1. The van der Waals surface area contributed by atoms with Crippen LogP contribution in [-0.4, -0.2) is 17.0 Å². The first kappa shape index (κ1) is 22.7. The van der Waals surface area contributed by atoms with Gasteiger partial charge in [-0.15, -0.1) is 0 Å². The van der Waals surface area contributed by atoms with E-state index < -0.39 is 0 Å². The van der Waals surface area contributed by atoms with Crippen molar-refractivity contribution in [2.45, 2.75) is 36.9 Å². The summed E-state index contributed by atoms with van der Waals surface area (Å²) in [6.45, 7) is 4.54. The average molecular weight is 462 g/mol. The molecule has 0 radical (unpaired) electrons. The van der Waals surface area contributed by atoms with Crippen molar-refractivity contribution in [1.29, 1.82) is 0 Å². The molecule has 0 unspecified atom stereocenters. The lowest BCUT2D eigenvalue weighted by Crippen LogP contribution is -2.01. The van der Waals surface area contributed by atoms with Crippen molar-refractivity contribution in [3.05, 3.63) is 83.4 Å². The van der Waals surface area contributed by atoms with Gasteiger partial charge in [0.25, 0.3) is 0 Å². The third-order valence-corrected chi connectivity index (χ3v) is 5.98. The molecule has 2 heterocycles. The Hall–Kier alpha value is -3.52. The van der Waals surface area contributed by atoms with E-state index in [9.17, 15) is 4.39 Å². The van der Waals surface area contributed by atoms with Crippen LogP contribution in [0.2, 0.25) is 0 Å². The van der Waals surface area contributed by atoms with E-state index in [-0.39, 0.29) is 5.82 Å². The molecule has 0 aliphatic rings. The van der Waals surface area contributed by atoms with E-state index in [1.807, 2.05) is 37.4 Å². The van der Waals surface area contributed by atoms with E-state index in [1.165, 1.54) is 29.5 Å². The Morgan fingerprint density at radius 3 is 2.58 bits per heavy atom. The van der Waals surface area contributed by atoms with E-state index in [0.29, 0.717) is 23.1 Å². The highest BCUT2D eigenvalue weighted by atomic mass is 32.2. The van der Waals surface area contributed by atoms with Crippen molar-refractivity contribution in [1.82, 2.24) is 9.97 Å². The highest BCUT2D eigenvalue weighted by Crippen LogP contribution is 2.34. The van der Waals surface area contributed by atoms with Gasteiger partial charge in [0.2, 0.25) is 5.89 Å². The fraction of sp³-hybridized carbons (Fsp3) is 0.200. The van der Waals surface area contributed by atoms with Gasteiger partial charge < -0.3 is 9.73 Å². The molecule has 4 rings (SSSR count). The molecule has 0 amide bonds. The predicted molar refractivity (Wildman–Crippen MR) is 129 cm³/mol. The summed E-state index contributed by atoms with van der Waals surface area (Å²) >= 11 is 1.42. The second-order valence-electron chi connectivity index (χ2n) is 7.38. The molecule has 0 spiro atoms. The summed E-state index contributed by atoms with van der Waals surface area (Å²) in [5.74, 6) is 0.137. The van der Waals surface area contributed by atoms with Crippen LogP contribution in [0.3, 0.4) is 0 Å². The number of hydrogen-bond acceptors (Lipinski definition) is 7. The molecule has 0 aliphatic carbocycles. The lowest BCUT2D eigenvalue weighted by molar-refractivity contribution is 0.479. The Balaban J connectivity index is 1.60. The number of aromatic nitrogens is 2. The van der Waals surface area contributed by atoms with Crippen molar-refractivity contribution >= 4 is 23.1 Å². The average Bonchev–Trinajstić information content (AvgIpc) is 3.23. The number of rotatable bonds is 8. The maximum atomic E-state index is 13.4. The number of azo groups is 1. The largest absolute Gasteiger partial charge is 0.429 e. The molecule has 0 atom stereocenters. The Morgan fingerprint density at radius 2 is 1.91 bits per heavy atom. The van der Waals surface area contributed by atoms with Crippen molar-refractivity contribution in [2.75, 3.05) is 12.4 Å². The highest BCUT2D eigenvalue weighted by Gasteiger charge is 2.17. The van der Waals surface area contributed by atoms with Gasteiger partial charge in [0.05, 0.1) is 12.2 Å². The first-order valence-corrected chi connectivity index (χ1v) is 11.4. The quantitative estimate of drug-likeness (QED) is 0.280. The molecule has 2 aromatic heterocycles. The molecule has 0 aliphatic heterocycles. The molecule has 0 fully saturated rings. The van der Waals surface area contributed by atoms with E-state index in [0.717, 1.165) is 34.1 Å². The summed E-state index contributed by atoms with van der Waals surface area (Å²) in [7, 11) is 1.65. The maximum Gasteiger partial charge on any atom is 0.227 e. The third kappa shape index (κ3) is 5.64. The fourth-order valence-corrected chi connectivity index (χ4v) is 3.98. The second kappa shape index (κ2) is 10.4. The lowest BCUT2D eigenvalue weighted by Gasteiger charge is -2.08. The summed E-state index contributed by atoms with van der Waals surface area (Å²) in [6, 6.07) is 16.0. The molecule has 0 saturated carbocycles. The molecule has 2 aromatic carbocycles. The molecule has 0 bridgehead atoms. The number of nitrogens with one attached hydrogen (secondary N) is 1. The van der Waals surface area contributed by atoms with Gasteiger partial charge in [-0.2, -0.15) is 10.2 Å². The van der Waals surface area contributed by atoms with E-state index in [2.05, 4.69) is 33.5 Å². The van der Waals surface area contributed by atoms with Gasteiger partial charge in [-0.1, -0.05) is 13.0 Å². The smallest absolute Gasteiger partial charge is 0.227 e. The highest BCUT2D eigenvalue weighted by molar-refractivity contribution is 7.99. The van der Waals surface area contributed by atoms with Gasteiger partial charge in [0, 0.05) is 24.5 Å². The molecule has 1 N–H and O–H groups in total. The number of aryl methyl sites for hydroxylation is 2. The summed E-state index contributed by atoms with van der Waals surface area (Å²) in [5, 5.41) is 12.8. The molecular formula is C25H24FN5OS. The maximum absolute atomic E-state index is 13.4. The zero-order chi connectivity index (χ0) is 23.2. The summed E-state index contributed by atoms with van der Waals surface area (Å²) < 4.78 is 19.5. The van der Waals surface area contributed by atoms with Crippen LogP contribution < -0.4 is 5.32 Å². The monoisotopic (exact) mass is 461 g/mol. The summed E-state index contributed by atoms with van der Waals surface area (Å²) in [5.41, 5.74) is 5.43. The molecule has 0 saturated heterocycles. The SMILES string of the molecule is CCc1ccc(Sc2oc(-c3ccc(F)cc3)nc2CNc2ccc(N=NC)c(C)c2)nc1. The normalized spacial score (nSPS) is 11.3. The molecule has 168 valence electrons. The molecule has 8 heteroatoms. The van der Waals surface area contributed by atoms with Gasteiger partial charge >= 0.3 is 0 Å². The zero-order valence-corrected chi connectivity index (χ0v) is 19.5. The third-order valence-electron chi connectivity index (χ3n) is 5.02. The zero-order valence-electron chi connectivity index (χ0n) is 18.7. The molecule has 6 nitrogen and oxygen atoms in total. The summed E-state index contributed by atoms with van der Waals surface area (Å²) in [6.07, 6.45) is 2.80. The standard InChI is InChI=1S/C25H24FN5OS/c1-4-17-5-12-23(29-14-17)33-25-22(30-24(32-25)18-6-8-19(26)9-7-18)15-28-20-10-11-21(31-27-3)16(2)13-20/h5-14,28H,4,15H2,1-3H3. The first-order chi connectivity index (χ1) is 16.1. The van der Waals surface area contributed by atoms with Crippen LogP contribution in [0.15, 0.2) is 85.6 Å². The van der Waals surface area contributed by atoms with Crippen LogP contribution in [0.25, 0.3) is 11.5 Å². The number of pyridine rings is 1. The van der Waals surface area contributed by atoms with Crippen molar-refractivity contribution in [3.63, 3.8) is 0 Å². The van der Waals surface area contributed by atoms with Crippen LogP contribution in [0.4, 0.5) is 15.8 Å². The Labute approximate surface area is 196 Å². The van der Waals surface area contributed by atoms with Crippen LogP contribution in [0.5, 0.6) is 0 Å². The van der Waals surface area contributed by atoms with Crippen LogP contribution >= 0.6 is 11.8 Å². The fourth-order valence-electron chi connectivity index (χ4n) is 3.19. The number of nitrogens with zero attached hydrogens (tertiary/aromatic N) is 4. The second-order valence-corrected chi connectivity index (χ2v) is 8.37. The van der Waals surface area contributed by atoms with Crippen molar-refractivity contribution in [2.24, 2.45) is 10.2 Å². The van der Waals surface area contributed by atoms with Gasteiger partial charge in [-0.05, 0) is 84.8 Å². The Bertz CT molecular complexity index is 1250. The van der Waals surface area contributed by atoms with Gasteiger partial charge in [-0.3, -0.25) is 0 Å². The summed E-state index contributed by atoms with van der Waals surface area (Å²) in [4.78, 5) is 9.21. The minimum Gasteiger partial charge on any atom is -0.429 e. The predicted octanol–water partition coefficient (Wildman–Crippen LogP) is 7.22. The van der Waals surface area contributed by atoms with Gasteiger partial charge in [0.1, 0.15) is 16.5 Å². The van der Waals surface area contributed by atoms with E-state index in [1.54, 1.807) is 19.2 Å². The molecule has 4 aromatic rings. The number of oxazole rings is 1. The Kier molecular flexibility index (Phi) is 7.14. The van der Waals surface area contributed by atoms with E-state index in [4.69, 9.17) is 9.40 Å². The number of hydrogen-bond donors (Lipinski definition) is 1. The molecule has 33 heavy (non-hydrogen) atoms. The minimum absolute atomic E-state index is 0.302. The number of benzene rings is 2. The number of anilines is 1. The topological polar surface area (TPSA) is 75.7 Å². The van der Waals surface area contributed by atoms with Crippen molar-refractivity contribution in [3.8, 4) is 11.5 Å².